The lowest BCUT2D eigenvalue weighted by Gasteiger charge is -1.96. The molecular weight excluding hydrogens is 115 g/mol. The Labute approximate surface area is 45.6 Å². The van der Waals surface area contributed by atoms with Crippen LogP contribution in [0.3, 0.4) is 0 Å². The van der Waals surface area contributed by atoms with Gasteiger partial charge in [-0.1, -0.05) is 0 Å². The Kier molecular flexibility index (Phi) is 9.31. The summed E-state index contributed by atoms with van der Waals surface area (Å²) in [7, 11) is 0. The Morgan fingerprint density at radius 2 is 1.43 bits per heavy atom. The standard InChI is InChI=1S/C3H8O3.H3P/c4-1-3(6)2-5;/h3-6H,1-2H2;1H3. The van der Waals surface area contributed by atoms with Crippen LogP contribution in [0.25, 0.3) is 0 Å². The van der Waals surface area contributed by atoms with Crippen LogP contribution in [0.5, 0.6) is 0 Å². The second-order valence-electron chi connectivity index (χ2n) is 1.02. The van der Waals surface area contributed by atoms with Gasteiger partial charge in [-0.25, -0.2) is 0 Å². The fourth-order valence-corrected chi connectivity index (χ4v) is 0.0577. The van der Waals surface area contributed by atoms with Crippen LogP contribution in [-0.2, 0) is 0 Å². The van der Waals surface area contributed by atoms with E-state index in [1.54, 1.807) is 0 Å². The molecule has 0 heterocycles. The van der Waals surface area contributed by atoms with E-state index in [0.717, 1.165) is 0 Å². The molecule has 0 aliphatic carbocycles. The second kappa shape index (κ2) is 6.31. The minimum atomic E-state index is -0.954. The van der Waals surface area contributed by atoms with Crippen molar-refractivity contribution in [2.45, 2.75) is 6.10 Å². The van der Waals surface area contributed by atoms with E-state index in [9.17, 15) is 0 Å². The summed E-state index contributed by atoms with van der Waals surface area (Å²) >= 11 is 0. The van der Waals surface area contributed by atoms with E-state index in [4.69, 9.17) is 15.3 Å². The van der Waals surface area contributed by atoms with Gasteiger partial charge in [-0.2, -0.15) is 9.90 Å². The van der Waals surface area contributed by atoms with Crippen molar-refractivity contribution in [2.75, 3.05) is 13.2 Å². The SMILES string of the molecule is OCC(O)CO.P. The number of hydrogen-bond acceptors (Lipinski definition) is 3. The third-order valence-corrected chi connectivity index (χ3v) is 0.421. The Morgan fingerprint density at radius 3 is 1.43 bits per heavy atom. The van der Waals surface area contributed by atoms with Crippen molar-refractivity contribution in [2.24, 2.45) is 0 Å². The quantitative estimate of drug-likeness (QED) is 0.390. The predicted molar refractivity (Wildman–Crippen MR) is 31.3 cm³/mol. The minimum absolute atomic E-state index is 0. The van der Waals surface area contributed by atoms with Crippen molar-refractivity contribution >= 4 is 9.90 Å². The van der Waals surface area contributed by atoms with Gasteiger partial charge in [0.1, 0.15) is 6.10 Å². The van der Waals surface area contributed by atoms with Crippen LogP contribution in [0.4, 0.5) is 0 Å². The first-order valence-corrected chi connectivity index (χ1v) is 1.71. The van der Waals surface area contributed by atoms with Crippen LogP contribution in [0.1, 0.15) is 0 Å². The Hall–Kier alpha value is 0.310. The normalized spacial score (nSPS) is 8.57. The summed E-state index contributed by atoms with van der Waals surface area (Å²) in [6, 6.07) is 0. The molecule has 1 atom stereocenters. The van der Waals surface area contributed by atoms with Crippen molar-refractivity contribution in [1.82, 2.24) is 0 Å². The average molecular weight is 126 g/mol. The van der Waals surface area contributed by atoms with Gasteiger partial charge in [-0.15, -0.1) is 0 Å². The van der Waals surface area contributed by atoms with Gasteiger partial charge < -0.3 is 15.3 Å². The molecule has 0 fully saturated rings. The van der Waals surface area contributed by atoms with Crippen LogP contribution < -0.4 is 0 Å². The van der Waals surface area contributed by atoms with Crippen LogP contribution >= 0.6 is 9.90 Å². The van der Waals surface area contributed by atoms with Crippen molar-refractivity contribution in [3.05, 3.63) is 0 Å². The lowest BCUT2D eigenvalue weighted by molar-refractivity contribution is 0.0450. The van der Waals surface area contributed by atoms with Gasteiger partial charge >= 0.3 is 0 Å². The van der Waals surface area contributed by atoms with E-state index in [1.807, 2.05) is 0 Å². The summed E-state index contributed by atoms with van der Waals surface area (Å²) in [4.78, 5) is 0. The number of rotatable bonds is 2. The Balaban J connectivity index is 0. The topological polar surface area (TPSA) is 60.7 Å². The lowest BCUT2D eigenvalue weighted by atomic mass is 10.4. The first-order valence-electron chi connectivity index (χ1n) is 1.71. The molecule has 3 nitrogen and oxygen atoms in total. The highest BCUT2D eigenvalue weighted by Gasteiger charge is 1.93. The molecule has 0 spiro atoms. The van der Waals surface area contributed by atoms with Gasteiger partial charge in [0.05, 0.1) is 13.2 Å². The molecule has 0 aliphatic rings. The zero-order chi connectivity index (χ0) is 4.99. The third kappa shape index (κ3) is 6.31. The third-order valence-electron chi connectivity index (χ3n) is 0.421. The molecule has 46 valence electrons. The predicted octanol–water partition coefficient (Wildman–Crippen LogP) is -1.61. The molecule has 0 saturated heterocycles. The van der Waals surface area contributed by atoms with E-state index < -0.39 is 6.10 Å². The van der Waals surface area contributed by atoms with Crippen molar-refractivity contribution in [3.8, 4) is 0 Å². The van der Waals surface area contributed by atoms with Crippen molar-refractivity contribution in [1.29, 1.82) is 0 Å². The highest BCUT2D eigenvalue weighted by Crippen LogP contribution is 1.71. The van der Waals surface area contributed by atoms with Gasteiger partial charge in [-0.3, -0.25) is 0 Å². The highest BCUT2D eigenvalue weighted by molar-refractivity contribution is 6.92. The zero-order valence-electron chi connectivity index (χ0n) is 4.04. The summed E-state index contributed by atoms with van der Waals surface area (Å²) < 4.78 is 0. The molecule has 7 heavy (non-hydrogen) atoms. The summed E-state index contributed by atoms with van der Waals surface area (Å²) in [6.07, 6.45) is -0.954. The molecule has 0 saturated carbocycles. The highest BCUT2D eigenvalue weighted by atomic mass is 31.0. The number of hydrogen-bond donors (Lipinski definition) is 3. The summed E-state index contributed by atoms with van der Waals surface area (Å²) in [6.45, 7) is -0.729. The molecule has 0 aromatic heterocycles. The molecule has 3 N–H and O–H groups in total. The molecule has 0 radical (unpaired) electrons. The Morgan fingerprint density at radius 1 is 1.14 bits per heavy atom. The zero-order valence-corrected chi connectivity index (χ0v) is 5.45. The lowest BCUT2D eigenvalue weighted by Crippen LogP contribution is -2.15. The Bertz CT molecular complexity index is 29.4. The molecule has 0 bridgehead atoms. The molecule has 1 unspecified atom stereocenters. The first-order chi connectivity index (χ1) is 2.81. The van der Waals surface area contributed by atoms with E-state index in [0.29, 0.717) is 0 Å². The maximum atomic E-state index is 8.17. The smallest absolute Gasteiger partial charge is 0.100 e. The van der Waals surface area contributed by atoms with E-state index >= 15 is 0 Å². The van der Waals surface area contributed by atoms with Crippen LogP contribution in [0, 0.1) is 0 Å². The van der Waals surface area contributed by atoms with Gasteiger partial charge in [0, 0.05) is 0 Å². The maximum absolute atomic E-state index is 8.17. The molecule has 4 heteroatoms. The average Bonchev–Trinajstić information content (AvgIpc) is 1.65. The molecule has 0 aromatic carbocycles. The maximum Gasteiger partial charge on any atom is 0.100 e. The molecule has 0 aromatic rings. The monoisotopic (exact) mass is 126 g/mol. The van der Waals surface area contributed by atoms with E-state index in [1.165, 1.54) is 0 Å². The number of aliphatic hydroxyl groups is 3. The van der Waals surface area contributed by atoms with Crippen molar-refractivity contribution in [3.63, 3.8) is 0 Å². The van der Waals surface area contributed by atoms with Gasteiger partial charge in [0.2, 0.25) is 0 Å². The summed E-state index contributed by atoms with van der Waals surface area (Å²) in [5.74, 6) is 0. The largest absolute Gasteiger partial charge is 0.394 e. The van der Waals surface area contributed by atoms with Crippen LogP contribution in [0.2, 0.25) is 0 Å². The molecule has 0 rings (SSSR count). The molecule has 0 aliphatic heterocycles. The number of aliphatic hydroxyl groups excluding tert-OH is 3. The van der Waals surface area contributed by atoms with E-state index in [-0.39, 0.29) is 23.1 Å². The van der Waals surface area contributed by atoms with Gasteiger partial charge in [-0.05, 0) is 0 Å². The second-order valence-corrected chi connectivity index (χ2v) is 1.02. The fourth-order valence-electron chi connectivity index (χ4n) is 0.0577. The molecular formula is C3H11O3P. The van der Waals surface area contributed by atoms with Gasteiger partial charge in [0.25, 0.3) is 0 Å². The van der Waals surface area contributed by atoms with Crippen molar-refractivity contribution < 1.29 is 15.3 Å². The van der Waals surface area contributed by atoms with Crippen LogP contribution in [0.15, 0.2) is 0 Å². The van der Waals surface area contributed by atoms with Crippen LogP contribution in [-0.4, -0.2) is 34.6 Å². The first kappa shape index (κ1) is 10.3. The minimum Gasteiger partial charge on any atom is -0.394 e. The van der Waals surface area contributed by atoms with Gasteiger partial charge in [0.15, 0.2) is 0 Å². The fraction of sp³-hybridized carbons (Fsp3) is 1.00. The summed E-state index contributed by atoms with van der Waals surface area (Å²) in [5.41, 5.74) is 0. The van der Waals surface area contributed by atoms with E-state index in [2.05, 4.69) is 0 Å². The molecule has 0 amide bonds. The summed E-state index contributed by atoms with van der Waals surface area (Å²) in [5, 5.41) is 24.0.